The highest BCUT2D eigenvalue weighted by atomic mass is 127. The Balaban J connectivity index is 0.00000324. The highest BCUT2D eigenvalue weighted by Crippen LogP contribution is 2.15. The van der Waals surface area contributed by atoms with Crippen molar-refractivity contribution in [3.8, 4) is 0 Å². The zero-order valence-corrected chi connectivity index (χ0v) is 14.4. The van der Waals surface area contributed by atoms with Crippen molar-refractivity contribution in [1.29, 1.82) is 0 Å². The standard InChI is InChI=1S/C13H23N3O2.HI/c1-5-14-13(15-8-9-17-4)16-11(3)12-7-6-10(2)18-12;/h6-7,11H,5,8-9H2,1-4H3,(H2,14,15,16);1H. The molecular weight excluding hydrogens is 357 g/mol. The van der Waals surface area contributed by atoms with E-state index in [1.54, 1.807) is 7.11 Å². The van der Waals surface area contributed by atoms with Crippen LogP contribution in [0.25, 0.3) is 0 Å². The third-order valence-electron chi connectivity index (χ3n) is 2.45. The van der Waals surface area contributed by atoms with Crippen molar-refractivity contribution < 1.29 is 9.15 Å². The number of nitrogens with zero attached hydrogens (tertiary/aromatic N) is 1. The van der Waals surface area contributed by atoms with Gasteiger partial charge in [0.05, 0.1) is 19.2 Å². The Hall–Kier alpha value is -0.760. The molecule has 110 valence electrons. The van der Waals surface area contributed by atoms with Crippen molar-refractivity contribution in [2.75, 3.05) is 26.8 Å². The van der Waals surface area contributed by atoms with Gasteiger partial charge in [-0.1, -0.05) is 0 Å². The minimum atomic E-state index is 0. The quantitative estimate of drug-likeness (QED) is 0.344. The fourth-order valence-electron chi connectivity index (χ4n) is 1.53. The Bertz CT molecular complexity index is 380. The van der Waals surface area contributed by atoms with Crippen LogP contribution in [0.5, 0.6) is 0 Å². The predicted molar refractivity (Wildman–Crippen MR) is 88.3 cm³/mol. The summed E-state index contributed by atoms with van der Waals surface area (Å²) >= 11 is 0. The van der Waals surface area contributed by atoms with Crippen LogP contribution in [0.3, 0.4) is 0 Å². The third-order valence-corrected chi connectivity index (χ3v) is 2.45. The van der Waals surface area contributed by atoms with Crippen molar-refractivity contribution >= 4 is 29.9 Å². The SMILES string of the molecule is CCNC(=NCCOC)NC(C)c1ccc(C)o1.I. The number of hydrogen-bond donors (Lipinski definition) is 2. The van der Waals surface area contributed by atoms with E-state index in [2.05, 4.69) is 15.6 Å². The zero-order valence-electron chi connectivity index (χ0n) is 12.0. The molecule has 0 fully saturated rings. The largest absolute Gasteiger partial charge is 0.464 e. The van der Waals surface area contributed by atoms with Crippen LogP contribution in [0.4, 0.5) is 0 Å². The second kappa shape index (κ2) is 10.1. The number of aliphatic imine (C=N–C) groups is 1. The fourth-order valence-corrected chi connectivity index (χ4v) is 1.53. The van der Waals surface area contributed by atoms with Gasteiger partial charge in [0.25, 0.3) is 0 Å². The molecule has 0 spiro atoms. The van der Waals surface area contributed by atoms with Gasteiger partial charge in [-0.15, -0.1) is 24.0 Å². The molecule has 19 heavy (non-hydrogen) atoms. The number of furan rings is 1. The van der Waals surface area contributed by atoms with Gasteiger partial charge in [0.1, 0.15) is 11.5 Å². The Labute approximate surface area is 132 Å². The molecule has 0 radical (unpaired) electrons. The Kier molecular flexibility index (Phi) is 9.68. The van der Waals surface area contributed by atoms with E-state index < -0.39 is 0 Å². The highest BCUT2D eigenvalue weighted by Gasteiger charge is 2.10. The maximum atomic E-state index is 5.58. The van der Waals surface area contributed by atoms with Crippen molar-refractivity contribution in [3.63, 3.8) is 0 Å². The first-order valence-electron chi connectivity index (χ1n) is 6.27. The highest BCUT2D eigenvalue weighted by molar-refractivity contribution is 14.0. The molecule has 2 N–H and O–H groups in total. The number of rotatable bonds is 6. The summed E-state index contributed by atoms with van der Waals surface area (Å²) < 4.78 is 10.6. The molecule has 1 atom stereocenters. The molecular formula is C13H24IN3O2. The molecule has 5 nitrogen and oxygen atoms in total. The number of aryl methyl sites for hydroxylation is 1. The zero-order chi connectivity index (χ0) is 13.4. The molecule has 1 aromatic rings. The van der Waals surface area contributed by atoms with Crippen molar-refractivity contribution in [2.45, 2.75) is 26.8 Å². The third kappa shape index (κ3) is 6.81. The maximum absolute atomic E-state index is 5.58. The van der Waals surface area contributed by atoms with Crippen molar-refractivity contribution in [2.24, 2.45) is 4.99 Å². The molecule has 1 aromatic heterocycles. The van der Waals surface area contributed by atoms with E-state index in [0.717, 1.165) is 24.0 Å². The molecule has 1 unspecified atom stereocenters. The number of guanidine groups is 1. The predicted octanol–water partition coefficient (Wildman–Crippen LogP) is 2.47. The maximum Gasteiger partial charge on any atom is 0.191 e. The molecule has 6 heteroatoms. The van der Waals surface area contributed by atoms with Crippen LogP contribution < -0.4 is 10.6 Å². The Morgan fingerprint density at radius 1 is 1.47 bits per heavy atom. The monoisotopic (exact) mass is 381 g/mol. The van der Waals surface area contributed by atoms with Crippen molar-refractivity contribution in [1.82, 2.24) is 10.6 Å². The number of halogens is 1. The Morgan fingerprint density at radius 3 is 2.74 bits per heavy atom. The van der Waals surface area contributed by atoms with Gasteiger partial charge in [0.15, 0.2) is 5.96 Å². The van der Waals surface area contributed by atoms with Gasteiger partial charge in [-0.05, 0) is 32.9 Å². The summed E-state index contributed by atoms with van der Waals surface area (Å²) in [6.45, 7) is 8.09. The lowest BCUT2D eigenvalue weighted by Gasteiger charge is -2.16. The summed E-state index contributed by atoms with van der Waals surface area (Å²) in [5.74, 6) is 2.60. The average Bonchev–Trinajstić information content (AvgIpc) is 2.76. The molecule has 0 aromatic carbocycles. The van der Waals surface area contributed by atoms with Crippen LogP contribution in [-0.2, 0) is 4.74 Å². The van der Waals surface area contributed by atoms with E-state index in [0.29, 0.717) is 13.2 Å². The topological polar surface area (TPSA) is 58.8 Å². The van der Waals surface area contributed by atoms with E-state index in [1.807, 2.05) is 32.9 Å². The lowest BCUT2D eigenvalue weighted by atomic mass is 10.2. The molecule has 1 heterocycles. The van der Waals surface area contributed by atoms with Gasteiger partial charge in [-0.25, -0.2) is 0 Å². The molecule has 0 bridgehead atoms. The number of nitrogens with one attached hydrogen (secondary N) is 2. The van der Waals surface area contributed by atoms with Gasteiger partial charge >= 0.3 is 0 Å². The Morgan fingerprint density at radius 2 is 2.21 bits per heavy atom. The average molecular weight is 381 g/mol. The van der Waals surface area contributed by atoms with E-state index in [-0.39, 0.29) is 30.0 Å². The summed E-state index contributed by atoms with van der Waals surface area (Å²) in [6.07, 6.45) is 0. The van der Waals surface area contributed by atoms with Crippen LogP contribution in [0, 0.1) is 6.92 Å². The number of ether oxygens (including phenoxy) is 1. The summed E-state index contributed by atoms with van der Waals surface area (Å²) in [6, 6.07) is 4.02. The summed E-state index contributed by atoms with van der Waals surface area (Å²) in [5.41, 5.74) is 0. The van der Waals surface area contributed by atoms with Crippen LogP contribution in [0.1, 0.15) is 31.4 Å². The molecule has 0 amide bonds. The van der Waals surface area contributed by atoms with Crippen LogP contribution in [0.15, 0.2) is 21.5 Å². The number of methoxy groups -OCH3 is 1. The van der Waals surface area contributed by atoms with E-state index in [9.17, 15) is 0 Å². The van der Waals surface area contributed by atoms with Crippen LogP contribution >= 0.6 is 24.0 Å². The van der Waals surface area contributed by atoms with E-state index >= 15 is 0 Å². The molecule has 0 aliphatic carbocycles. The van der Waals surface area contributed by atoms with Gasteiger partial charge in [-0.2, -0.15) is 0 Å². The molecule has 0 aliphatic rings. The van der Waals surface area contributed by atoms with Gasteiger partial charge < -0.3 is 19.8 Å². The molecule has 1 rings (SSSR count). The minimum Gasteiger partial charge on any atom is -0.464 e. The number of hydrogen-bond acceptors (Lipinski definition) is 3. The first-order valence-corrected chi connectivity index (χ1v) is 6.27. The smallest absolute Gasteiger partial charge is 0.191 e. The van der Waals surface area contributed by atoms with E-state index in [4.69, 9.17) is 9.15 Å². The molecule has 0 saturated carbocycles. The van der Waals surface area contributed by atoms with Gasteiger partial charge in [0, 0.05) is 13.7 Å². The van der Waals surface area contributed by atoms with E-state index in [1.165, 1.54) is 0 Å². The second-order valence-electron chi connectivity index (χ2n) is 4.07. The van der Waals surface area contributed by atoms with Crippen LogP contribution in [0.2, 0.25) is 0 Å². The summed E-state index contributed by atoms with van der Waals surface area (Å²) in [5, 5.41) is 6.49. The fraction of sp³-hybridized carbons (Fsp3) is 0.615. The van der Waals surface area contributed by atoms with Gasteiger partial charge in [0.2, 0.25) is 0 Å². The lowest BCUT2D eigenvalue weighted by Crippen LogP contribution is -2.38. The van der Waals surface area contributed by atoms with Crippen LogP contribution in [-0.4, -0.2) is 32.8 Å². The lowest BCUT2D eigenvalue weighted by molar-refractivity contribution is 0.208. The molecule has 0 aliphatic heterocycles. The normalized spacial score (nSPS) is 12.7. The van der Waals surface area contributed by atoms with Gasteiger partial charge in [-0.3, -0.25) is 4.99 Å². The summed E-state index contributed by atoms with van der Waals surface area (Å²) in [7, 11) is 1.67. The summed E-state index contributed by atoms with van der Waals surface area (Å²) in [4.78, 5) is 4.40. The first kappa shape index (κ1) is 18.2. The molecule has 0 saturated heterocycles. The second-order valence-corrected chi connectivity index (χ2v) is 4.07. The van der Waals surface area contributed by atoms with Crippen molar-refractivity contribution in [3.05, 3.63) is 23.7 Å². The first-order chi connectivity index (χ1) is 8.67. The minimum absolute atomic E-state index is 0.